The van der Waals surface area contributed by atoms with E-state index in [4.69, 9.17) is 0 Å². The summed E-state index contributed by atoms with van der Waals surface area (Å²) in [7, 11) is -3.15. The van der Waals surface area contributed by atoms with Crippen molar-refractivity contribution in [2.24, 2.45) is 5.92 Å². The summed E-state index contributed by atoms with van der Waals surface area (Å²) in [6.07, 6.45) is 2.93. The minimum Gasteiger partial charge on any atom is -0.334 e. The second-order valence-corrected chi connectivity index (χ2v) is 8.95. The maximum atomic E-state index is 12.8. The van der Waals surface area contributed by atoms with Crippen LogP contribution in [0.15, 0.2) is 30.2 Å². The number of thiophene rings is 1. The molecule has 0 N–H and O–H groups in total. The quantitative estimate of drug-likeness (QED) is 0.705. The molecule has 7 heteroatoms. The molecule has 1 aliphatic heterocycles. The highest BCUT2D eigenvalue weighted by Crippen LogP contribution is 2.23. The zero-order chi connectivity index (χ0) is 16.9. The number of hydrogen-bond acceptors (Lipinski definition) is 4. The van der Waals surface area contributed by atoms with Gasteiger partial charge in [0.25, 0.3) is 0 Å². The van der Waals surface area contributed by atoms with Crippen LogP contribution in [0.25, 0.3) is 0 Å². The van der Waals surface area contributed by atoms with Crippen molar-refractivity contribution in [3.8, 4) is 0 Å². The van der Waals surface area contributed by atoms with Crippen LogP contribution in [0.4, 0.5) is 0 Å². The van der Waals surface area contributed by atoms with Crippen molar-refractivity contribution in [1.29, 1.82) is 0 Å². The Kier molecular flexibility index (Phi) is 6.38. The lowest BCUT2D eigenvalue weighted by molar-refractivity contribution is -0.136. The lowest BCUT2D eigenvalue weighted by Gasteiger charge is -2.33. The first kappa shape index (κ1) is 18.2. The molecule has 5 nitrogen and oxygen atoms in total. The number of piperidine rings is 1. The maximum absolute atomic E-state index is 12.8. The summed E-state index contributed by atoms with van der Waals surface area (Å²) in [6.45, 7) is 7.37. The van der Waals surface area contributed by atoms with Gasteiger partial charge in [0.15, 0.2) is 0 Å². The molecular weight excluding hydrogens is 332 g/mol. The number of amides is 1. The van der Waals surface area contributed by atoms with Crippen LogP contribution in [0.3, 0.4) is 0 Å². The summed E-state index contributed by atoms with van der Waals surface area (Å²) < 4.78 is 25.3. The zero-order valence-electron chi connectivity index (χ0n) is 13.5. The molecule has 0 unspecified atom stereocenters. The largest absolute Gasteiger partial charge is 0.334 e. The zero-order valence-corrected chi connectivity index (χ0v) is 15.1. The number of hydrogen-bond donors (Lipinski definition) is 0. The van der Waals surface area contributed by atoms with Crippen molar-refractivity contribution in [2.45, 2.75) is 26.3 Å². The third kappa shape index (κ3) is 4.65. The fraction of sp³-hybridized carbons (Fsp3) is 0.562. The van der Waals surface area contributed by atoms with Gasteiger partial charge in [0.2, 0.25) is 15.9 Å². The SMILES string of the molecule is C=CCN(Cc1cccs1)C(=O)C1CCN(S(=O)(=O)CC)CC1. The van der Waals surface area contributed by atoms with Gasteiger partial charge >= 0.3 is 0 Å². The van der Waals surface area contributed by atoms with E-state index >= 15 is 0 Å². The Hall–Kier alpha value is -1.18. The molecule has 1 aromatic heterocycles. The molecule has 1 amide bonds. The van der Waals surface area contributed by atoms with E-state index < -0.39 is 10.0 Å². The van der Waals surface area contributed by atoms with Crippen LogP contribution in [-0.4, -0.2) is 48.9 Å². The van der Waals surface area contributed by atoms with Crippen LogP contribution in [0.2, 0.25) is 0 Å². The van der Waals surface area contributed by atoms with Gasteiger partial charge in [0.1, 0.15) is 0 Å². The van der Waals surface area contributed by atoms with E-state index in [0.717, 1.165) is 4.88 Å². The van der Waals surface area contributed by atoms with Crippen LogP contribution in [0.1, 0.15) is 24.6 Å². The van der Waals surface area contributed by atoms with Crippen molar-refractivity contribution < 1.29 is 13.2 Å². The first-order chi connectivity index (χ1) is 11.0. The molecule has 1 aromatic rings. The van der Waals surface area contributed by atoms with Crippen molar-refractivity contribution in [3.05, 3.63) is 35.0 Å². The third-order valence-corrected chi connectivity index (χ3v) is 6.89. The van der Waals surface area contributed by atoms with Gasteiger partial charge in [-0.3, -0.25) is 4.79 Å². The van der Waals surface area contributed by atoms with Crippen LogP contribution in [-0.2, 0) is 21.4 Å². The predicted molar refractivity (Wildman–Crippen MR) is 93.7 cm³/mol. The van der Waals surface area contributed by atoms with E-state index in [9.17, 15) is 13.2 Å². The van der Waals surface area contributed by atoms with Gasteiger partial charge in [-0.1, -0.05) is 12.1 Å². The highest BCUT2D eigenvalue weighted by atomic mass is 32.2. The average Bonchev–Trinajstić information content (AvgIpc) is 3.07. The van der Waals surface area contributed by atoms with Gasteiger partial charge in [-0.2, -0.15) is 0 Å². The molecule has 2 rings (SSSR count). The molecule has 2 heterocycles. The smallest absolute Gasteiger partial charge is 0.226 e. The minimum atomic E-state index is -3.15. The van der Waals surface area contributed by atoms with E-state index in [1.807, 2.05) is 22.4 Å². The molecular formula is C16H24N2O3S2. The van der Waals surface area contributed by atoms with Crippen molar-refractivity contribution in [2.75, 3.05) is 25.4 Å². The topological polar surface area (TPSA) is 57.7 Å². The van der Waals surface area contributed by atoms with E-state index in [0.29, 0.717) is 39.0 Å². The summed E-state index contributed by atoms with van der Waals surface area (Å²) in [5.74, 6) is 0.122. The van der Waals surface area contributed by atoms with Crippen LogP contribution >= 0.6 is 11.3 Å². The second-order valence-electron chi connectivity index (χ2n) is 5.66. The van der Waals surface area contributed by atoms with E-state index in [1.54, 1.807) is 24.3 Å². The lowest BCUT2D eigenvalue weighted by atomic mass is 9.96. The average molecular weight is 357 g/mol. The standard InChI is InChI=1S/C16H24N2O3S2/c1-3-9-17(13-15-6-5-12-22-15)16(19)14-7-10-18(11-8-14)23(20,21)4-2/h3,5-6,12,14H,1,4,7-11,13H2,2H3. The normalized spacial score (nSPS) is 17.1. The molecule has 0 radical (unpaired) electrons. The predicted octanol–water partition coefficient (Wildman–Crippen LogP) is 2.32. The second kappa shape index (κ2) is 8.08. The molecule has 1 fully saturated rings. The summed E-state index contributed by atoms with van der Waals surface area (Å²) in [4.78, 5) is 15.7. The molecule has 1 saturated heterocycles. The van der Waals surface area contributed by atoms with Crippen molar-refractivity contribution in [3.63, 3.8) is 0 Å². The Bertz CT molecular complexity index is 618. The van der Waals surface area contributed by atoms with Crippen molar-refractivity contribution >= 4 is 27.3 Å². The number of nitrogens with zero attached hydrogens (tertiary/aromatic N) is 2. The highest BCUT2D eigenvalue weighted by molar-refractivity contribution is 7.89. The molecule has 0 aliphatic carbocycles. The fourth-order valence-corrected chi connectivity index (χ4v) is 4.65. The fourth-order valence-electron chi connectivity index (χ4n) is 2.80. The summed E-state index contributed by atoms with van der Waals surface area (Å²) in [5, 5.41) is 2.00. The minimum absolute atomic E-state index is 0.0989. The van der Waals surface area contributed by atoms with Crippen LogP contribution in [0.5, 0.6) is 0 Å². The van der Waals surface area contributed by atoms with Crippen molar-refractivity contribution in [1.82, 2.24) is 9.21 Å². The number of carbonyl (C=O) groups excluding carboxylic acids is 1. The third-order valence-electron chi connectivity index (χ3n) is 4.15. The molecule has 0 saturated carbocycles. The van der Waals surface area contributed by atoms with Gasteiger partial charge < -0.3 is 4.90 Å². The number of rotatable bonds is 7. The van der Waals surface area contributed by atoms with Gasteiger partial charge in [-0.25, -0.2) is 12.7 Å². The Balaban J connectivity index is 1.97. The molecule has 23 heavy (non-hydrogen) atoms. The van der Waals surface area contributed by atoms with Gasteiger partial charge in [0.05, 0.1) is 12.3 Å². The number of carbonyl (C=O) groups is 1. The molecule has 0 bridgehead atoms. The monoisotopic (exact) mass is 356 g/mol. The molecule has 0 aromatic carbocycles. The summed E-state index contributed by atoms with van der Waals surface area (Å²) in [6, 6.07) is 4.00. The molecule has 0 atom stereocenters. The molecule has 128 valence electrons. The van der Waals surface area contributed by atoms with Gasteiger partial charge in [-0.15, -0.1) is 17.9 Å². The van der Waals surface area contributed by atoms with Gasteiger partial charge in [0, 0.05) is 30.4 Å². The van der Waals surface area contributed by atoms with Crippen LogP contribution in [0, 0.1) is 5.92 Å². The molecule has 0 spiro atoms. The lowest BCUT2D eigenvalue weighted by Crippen LogP contribution is -2.44. The number of sulfonamides is 1. The molecule has 1 aliphatic rings. The first-order valence-corrected chi connectivity index (χ1v) is 10.4. The Morgan fingerprint density at radius 3 is 2.70 bits per heavy atom. The van der Waals surface area contributed by atoms with E-state index in [-0.39, 0.29) is 17.6 Å². The van der Waals surface area contributed by atoms with Crippen LogP contribution < -0.4 is 0 Å². The summed E-state index contributed by atoms with van der Waals surface area (Å²) in [5.41, 5.74) is 0. The van der Waals surface area contributed by atoms with E-state index in [2.05, 4.69) is 6.58 Å². The Morgan fingerprint density at radius 1 is 1.48 bits per heavy atom. The Labute approximate surface area is 142 Å². The van der Waals surface area contributed by atoms with Gasteiger partial charge in [-0.05, 0) is 31.2 Å². The maximum Gasteiger partial charge on any atom is 0.226 e. The summed E-state index contributed by atoms with van der Waals surface area (Å²) >= 11 is 1.63. The highest BCUT2D eigenvalue weighted by Gasteiger charge is 2.32. The Morgan fingerprint density at radius 2 is 2.17 bits per heavy atom. The first-order valence-electron chi connectivity index (χ1n) is 7.87. The van der Waals surface area contributed by atoms with E-state index in [1.165, 1.54) is 4.31 Å².